The molecule has 0 saturated heterocycles. The van der Waals surface area contributed by atoms with Gasteiger partial charge in [0.15, 0.2) is 5.78 Å². The molecule has 0 atom stereocenters. The zero-order valence-corrected chi connectivity index (χ0v) is 14.6. The number of ketones is 1. The number of nitrogens with zero attached hydrogens (tertiary/aromatic N) is 3. The van der Waals surface area contributed by atoms with E-state index in [9.17, 15) is 4.79 Å². The van der Waals surface area contributed by atoms with Gasteiger partial charge in [0.1, 0.15) is 12.2 Å². The first-order valence-electron chi connectivity index (χ1n) is 7.60. The van der Waals surface area contributed by atoms with Crippen molar-refractivity contribution in [3.63, 3.8) is 0 Å². The number of rotatable bonds is 5. The first kappa shape index (κ1) is 16.7. The Balaban J connectivity index is 2.15. The lowest BCUT2D eigenvalue weighted by atomic mass is 10.0. The van der Waals surface area contributed by atoms with Crippen molar-refractivity contribution < 1.29 is 4.79 Å². The summed E-state index contributed by atoms with van der Waals surface area (Å²) in [7, 11) is 0. The summed E-state index contributed by atoms with van der Waals surface area (Å²) in [5, 5.41) is 9.00. The molecule has 1 aromatic heterocycles. The fraction of sp³-hybridized carbons (Fsp3) is 0.167. The Morgan fingerprint density at radius 2 is 1.92 bits per heavy atom. The maximum Gasteiger partial charge on any atom is 0.196 e. The van der Waals surface area contributed by atoms with Gasteiger partial charge in [-0.05, 0) is 36.8 Å². The average Bonchev–Trinajstić information content (AvgIpc) is 3.03. The molecule has 0 unspecified atom stereocenters. The summed E-state index contributed by atoms with van der Waals surface area (Å²) >= 11 is 12.3. The van der Waals surface area contributed by atoms with E-state index >= 15 is 0 Å². The molecule has 122 valence electrons. The number of hydrogen-bond acceptors (Lipinski definition) is 3. The van der Waals surface area contributed by atoms with E-state index in [1.54, 1.807) is 48.8 Å². The molecule has 4 nitrogen and oxygen atoms in total. The van der Waals surface area contributed by atoms with Crippen molar-refractivity contribution in [1.29, 1.82) is 0 Å². The number of hydrogen-bond donors (Lipinski definition) is 0. The lowest BCUT2D eigenvalue weighted by Crippen LogP contribution is -2.10. The molecule has 0 aliphatic carbocycles. The predicted octanol–water partition coefficient (Wildman–Crippen LogP) is 4.76. The molecule has 0 aliphatic heterocycles. The van der Waals surface area contributed by atoms with Crippen LogP contribution < -0.4 is 0 Å². The zero-order chi connectivity index (χ0) is 17.1. The minimum atomic E-state index is -0.186. The molecule has 0 fully saturated rings. The van der Waals surface area contributed by atoms with E-state index in [0.717, 1.165) is 18.7 Å². The van der Waals surface area contributed by atoms with Crippen LogP contribution in [-0.2, 0) is 6.42 Å². The van der Waals surface area contributed by atoms with Gasteiger partial charge in [0, 0.05) is 22.6 Å². The van der Waals surface area contributed by atoms with E-state index in [0.29, 0.717) is 26.9 Å². The second-order valence-corrected chi connectivity index (χ2v) is 6.18. The highest BCUT2D eigenvalue weighted by Gasteiger charge is 2.19. The second-order valence-electron chi connectivity index (χ2n) is 5.34. The standard InChI is InChI=1S/C18H15Cl2N3O/c1-2-5-17-22-21-11-23(17)16-9-8-12(19)10-14(16)18(24)13-6-3-4-7-15(13)20/h3-4,6-11H,2,5H2,1H3. The van der Waals surface area contributed by atoms with E-state index in [-0.39, 0.29) is 5.78 Å². The molecule has 0 N–H and O–H groups in total. The molecule has 6 heteroatoms. The molecule has 0 saturated carbocycles. The van der Waals surface area contributed by atoms with Crippen LogP contribution in [-0.4, -0.2) is 20.5 Å². The predicted molar refractivity (Wildman–Crippen MR) is 95.2 cm³/mol. The second kappa shape index (κ2) is 7.16. The molecule has 0 radical (unpaired) electrons. The lowest BCUT2D eigenvalue weighted by Gasteiger charge is -2.12. The highest BCUT2D eigenvalue weighted by atomic mass is 35.5. The molecule has 24 heavy (non-hydrogen) atoms. The first-order chi connectivity index (χ1) is 11.6. The molecule has 0 amide bonds. The van der Waals surface area contributed by atoms with Crippen LogP contribution in [0, 0.1) is 0 Å². The van der Waals surface area contributed by atoms with Crippen LogP contribution in [0.2, 0.25) is 10.0 Å². The van der Waals surface area contributed by atoms with Gasteiger partial charge in [-0.15, -0.1) is 10.2 Å². The summed E-state index contributed by atoms with van der Waals surface area (Å²) in [5.74, 6) is 0.613. The molecule has 3 rings (SSSR count). The van der Waals surface area contributed by atoms with Gasteiger partial charge in [-0.1, -0.05) is 42.3 Å². The van der Waals surface area contributed by atoms with Crippen molar-refractivity contribution in [1.82, 2.24) is 14.8 Å². The fourth-order valence-electron chi connectivity index (χ4n) is 2.54. The third-order valence-electron chi connectivity index (χ3n) is 3.67. The summed E-state index contributed by atoms with van der Waals surface area (Å²) in [6.07, 6.45) is 3.31. The number of carbonyl (C=O) groups excluding carboxylic acids is 1. The number of benzene rings is 2. The molecule has 0 aliphatic rings. The Hall–Kier alpha value is -2.17. The first-order valence-corrected chi connectivity index (χ1v) is 8.35. The number of carbonyl (C=O) groups is 1. The van der Waals surface area contributed by atoms with Gasteiger partial charge in [0.05, 0.1) is 10.7 Å². The van der Waals surface area contributed by atoms with Crippen LogP contribution in [0.1, 0.15) is 35.1 Å². The van der Waals surface area contributed by atoms with Crippen LogP contribution >= 0.6 is 23.2 Å². The highest BCUT2D eigenvalue weighted by molar-refractivity contribution is 6.35. The Morgan fingerprint density at radius 1 is 1.12 bits per heavy atom. The van der Waals surface area contributed by atoms with Gasteiger partial charge in [-0.25, -0.2) is 0 Å². The smallest absolute Gasteiger partial charge is 0.196 e. The molecule has 1 heterocycles. The van der Waals surface area contributed by atoms with Crippen LogP contribution in [0.5, 0.6) is 0 Å². The Bertz CT molecular complexity index is 889. The molecule has 0 spiro atoms. The minimum absolute atomic E-state index is 0.186. The van der Waals surface area contributed by atoms with E-state index in [1.807, 2.05) is 4.57 Å². The fourth-order valence-corrected chi connectivity index (χ4v) is 2.94. The Kier molecular flexibility index (Phi) is 4.97. The van der Waals surface area contributed by atoms with E-state index in [2.05, 4.69) is 17.1 Å². The molecule has 2 aromatic carbocycles. The molecule has 0 bridgehead atoms. The van der Waals surface area contributed by atoms with E-state index < -0.39 is 0 Å². The SMILES string of the molecule is CCCc1nncn1-c1ccc(Cl)cc1C(=O)c1ccccc1Cl. The number of halogens is 2. The van der Waals surface area contributed by atoms with Crippen molar-refractivity contribution >= 4 is 29.0 Å². The maximum absolute atomic E-state index is 13.0. The van der Waals surface area contributed by atoms with E-state index in [4.69, 9.17) is 23.2 Å². The summed E-state index contributed by atoms with van der Waals surface area (Å²) in [5.41, 5.74) is 1.60. The van der Waals surface area contributed by atoms with Gasteiger partial charge in [-0.3, -0.25) is 9.36 Å². The zero-order valence-electron chi connectivity index (χ0n) is 13.0. The highest BCUT2D eigenvalue weighted by Crippen LogP contribution is 2.26. The van der Waals surface area contributed by atoms with Crippen LogP contribution in [0.15, 0.2) is 48.8 Å². The van der Waals surface area contributed by atoms with Gasteiger partial charge >= 0.3 is 0 Å². The quantitative estimate of drug-likeness (QED) is 0.617. The van der Waals surface area contributed by atoms with Crippen molar-refractivity contribution in [3.05, 3.63) is 75.8 Å². The summed E-state index contributed by atoms with van der Waals surface area (Å²) < 4.78 is 1.82. The van der Waals surface area contributed by atoms with Crippen LogP contribution in [0.3, 0.4) is 0 Å². The maximum atomic E-state index is 13.0. The lowest BCUT2D eigenvalue weighted by molar-refractivity contribution is 0.103. The molecular weight excluding hydrogens is 345 g/mol. The Labute approximate surface area is 150 Å². The largest absolute Gasteiger partial charge is 0.288 e. The van der Waals surface area contributed by atoms with E-state index in [1.165, 1.54) is 0 Å². The average molecular weight is 360 g/mol. The monoisotopic (exact) mass is 359 g/mol. The van der Waals surface area contributed by atoms with Crippen molar-refractivity contribution in [2.45, 2.75) is 19.8 Å². The number of aryl methyl sites for hydroxylation is 1. The Morgan fingerprint density at radius 3 is 2.67 bits per heavy atom. The van der Waals surface area contributed by atoms with Crippen LogP contribution in [0.4, 0.5) is 0 Å². The summed E-state index contributed by atoms with van der Waals surface area (Å²) in [6.45, 7) is 2.07. The molecular formula is C18H15Cl2N3O. The van der Waals surface area contributed by atoms with Crippen molar-refractivity contribution in [2.75, 3.05) is 0 Å². The normalized spacial score (nSPS) is 10.8. The third kappa shape index (κ3) is 3.21. The van der Waals surface area contributed by atoms with Gasteiger partial charge in [0.25, 0.3) is 0 Å². The number of aromatic nitrogens is 3. The minimum Gasteiger partial charge on any atom is -0.288 e. The van der Waals surface area contributed by atoms with Gasteiger partial charge < -0.3 is 0 Å². The van der Waals surface area contributed by atoms with Crippen LogP contribution in [0.25, 0.3) is 5.69 Å². The molecule has 3 aromatic rings. The summed E-state index contributed by atoms with van der Waals surface area (Å²) in [6, 6.07) is 12.2. The van der Waals surface area contributed by atoms with Gasteiger partial charge in [-0.2, -0.15) is 0 Å². The van der Waals surface area contributed by atoms with Crippen molar-refractivity contribution in [2.24, 2.45) is 0 Å². The van der Waals surface area contributed by atoms with Crippen molar-refractivity contribution in [3.8, 4) is 5.69 Å². The van der Waals surface area contributed by atoms with Gasteiger partial charge in [0.2, 0.25) is 0 Å². The topological polar surface area (TPSA) is 47.8 Å². The summed E-state index contributed by atoms with van der Waals surface area (Å²) in [4.78, 5) is 13.0. The third-order valence-corrected chi connectivity index (χ3v) is 4.24.